The van der Waals surface area contributed by atoms with Gasteiger partial charge in [0.25, 0.3) is 0 Å². The molecule has 1 aromatic heterocycles. The van der Waals surface area contributed by atoms with Gasteiger partial charge in [0.2, 0.25) is 5.88 Å². The highest BCUT2D eigenvalue weighted by atomic mass is 19.4. The van der Waals surface area contributed by atoms with E-state index in [1.54, 1.807) is 11.9 Å². The second-order valence-corrected chi connectivity index (χ2v) is 8.14. The summed E-state index contributed by atoms with van der Waals surface area (Å²) < 4.78 is 49.5. The van der Waals surface area contributed by atoms with Crippen LogP contribution in [-0.2, 0) is 10.9 Å². The summed E-state index contributed by atoms with van der Waals surface area (Å²) in [4.78, 5) is 21.0. The summed E-state index contributed by atoms with van der Waals surface area (Å²) >= 11 is 0. The summed E-state index contributed by atoms with van der Waals surface area (Å²) in [5.41, 5.74) is -1.11. The van der Waals surface area contributed by atoms with Crippen molar-refractivity contribution in [2.45, 2.75) is 36.6 Å². The summed E-state index contributed by atoms with van der Waals surface area (Å²) in [6.45, 7) is 2.71. The molecule has 4 heterocycles. The molecule has 3 aliphatic rings. The first-order valence-corrected chi connectivity index (χ1v) is 10.1. The number of fused-ring (bicyclic) bond motifs is 1. The van der Waals surface area contributed by atoms with Crippen molar-refractivity contribution < 1.29 is 37.7 Å². The number of hydrogen-bond donors (Lipinski definition) is 2. The molecule has 1 aromatic rings. The Labute approximate surface area is 176 Å². The molecular weight excluding hydrogens is 421 g/mol. The van der Waals surface area contributed by atoms with E-state index in [0.717, 1.165) is 12.1 Å². The van der Waals surface area contributed by atoms with Crippen LogP contribution in [0.25, 0.3) is 0 Å². The fourth-order valence-electron chi connectivity index (χ4n) is 4.27. The third-order valence-electron chi connectivity index (χ3n) is 5.93. The molecule has 0 spiro atoms. The van der Waals surface area contributed by atoms with Gasteiger partial charge in [0.05, 0.1) is 18.8 Å². The van der Waals surface area contributed by atoms with Crippen molar-refractivity contribution >= 4 is 6.03 Å². The second-order valence-electron chi connectivity index (χ2n) is 8.14. The number of rotatable bonds is 4. The van der Waals surface area contributed by atoms with Crippen molar-refractivity contribution in [3.05, 3.63) is 23.9 Å². The molecule has 5 atom stereocenters. The van der Waals surface area contributed by atoms with Crippen LogP contribution in [0.2, 0.25) is 0 Å². The highest BCUT2D eigenvalue weighted by molar-refractivity contribution is 5.77. The zero-order valence-corrected chi connectivity index (χ0v) is 16.9. The molecule has 3 saturated heterocycles. The number of pyridine rings is 1. The van der Waals surface area contributed by atoms with Crippen molar-refractivity contribution in [2.75, 3.05) is 46.4 Å². The van der Waals surface area contributed by atoms with Gasteiger partial charge < -0.3 is 29.5 Å². The molecule has 0 bridgehead atoms. The first-order chi connectivity index (χ1) is 14.6. The number of halogens is 3. The van der Waals surface area contributed by atoms with Crippen LogP contribution in [0.4, 0.5) is 18.0 Å². The lowest BCUT2D eigenvalue weighted by Crippen LogP contribution is -2.60. The first-order valence-electron chi connectivity index (χ1n) is 10.1. The third kappa shape index (κ3) is 4.56. The molecule has 0 radical (unpaired) electrons. The van der Waals surface area contributed by atoms with Crippen LogP contribution in [0.5, 0.6) is 5.88 Å². The van der Waals surface area contributed by atoms with Crippen LogP contribution in [0.1, 0.15) is 5.69 Å². The largest absolute Gasteiger partial charge is 0.469 e. The number of piperazine rings is 1. The Morgan fingerprint density at radius 3 is 2.74 bits per heavy atom. The van der Waals surface area contributed by atoms with Crippen molar-refractivity contribution in [2.24, 2.45) is 0 Å². The maximum Gasteiger partial charge on any atom is 0.433 e. The van der Waals surface area contributed by atoms with Gasteiger partial charge in [0.15, 0.2) is 6.10 Å². The van der Waals surface area contributed by atoms with Gasteiger partial charge in [-0.2, -0.15) is 13.2 Å². The van der Waals surface area contributed by atoms with Gasteiger partial charge >= 0.3 is 12.2 Å². The first kappa shape index (κ1) is 22.1. The molecule has 2 N–H and O–H groups in total. The van der Waals surface area contributed by atoms with Gasteiger partial charge in [0.1, 0.15) is 17.9 Å². The minimum Gasteiger partial charge on any atom is -0.469 e. The van der Waals surface area contributed by atoms with Crippen LogP contribution in [0.3, 0.4) is 0 Å². The monoisotopic (exact) mass is 446 g/mol. The average molecular weight is 446 g/mol. The lowest BCUT2D eigenvalue weighted by molar-refractivity contribution is -0.186. The van der Waals surface area contributed by atoms with Gasteiger partial charge in [-0.05, 0) is 6.07 Å². The Kier molecular flexibility index (Phi) is 5.99. The van der Waals surface area contributed by atoms with Crippen LogP contribution < -0.4 is 4.74 Å². The Morgan fingerprint density at radius 2 is 2.00 bits per heavy atom. The quantitative estimate of drug-likeness (QED) is 0.673. The number of likely N-dealkylation sites (N-methyl/N-ethyl adjacent to an activating group) is 1. The fraction of sp³-hybridized carbons (Fsp3) is 0.684. The second kappa shape index (κ2) is 8.41. The van der Waals surface area contributed by atoms with E-state index in [1.165, 1.54) is 6.07 Å². The van der Waals surface area contributed by atoms with Gasteiger partial charge in [-0.25, -0.2) is 9.78 Å². The molecule has 0 aliphatic carbocycles. The van der Waals surface area contributed by atoms with E-state index in [2.05, 4.69) is 9.88 Å². The Bertz CT molecular complexity index is 813. The average Bonchev–Trinajstić information content (AvgIpc) is 3.00. The van der Waals surface area contributed by atoms with Gasteiger partial charge in [-0.3, -0.25) is 4.90 Å². The van der Waals surface area contributed by atoms with Crippen LogP contribution in [-0.4, -0.2) is 113 Å². The van der Waals surface area contributed by atoms with Crippen molar-refractivity contribution in [1.29, 1.82) is 0 Å². The van der Waals surface area contributed by atoms with E-state index < -0.39 is 36.3 Å². The smallest absolute Gasteiger partial charge is 0.433 e. The highest BCUT2D eigenvalue weighted by Crippen LogP contribution is 2.29. The number of carbonyl (C=O) groups is 1. The Hall–Kier alpha value is -2.15. The van der Waals surface area contributed by atoms with E-state index in [4.69, 9.17) is 9.47 Å². The summed E-state index contributed by atoms with van der Waals surface area (Å²) in [6, 6.07) is 3.31. The molecule has 2 amide bonds. The standard InChI is InChI=1S/C19H25F3N4O5/c1-24-7-11-8-25(5-6-26(11)18(24)29)9-12-16(27)17(28)13(10-30-12)31-15-4-2-3-14(23-15)19(20,21)22/h2-4,11-13,16-17,27-28H,5-10H2,1H3/t11?,12-,13+,16+,17-/m1/s1. The zero-order valence-electron chi connectivity index (χ0n) is 16.9. The molecule has 3 aliphatic heterocycles. The lowest BCUT2D eigenvalue weighted by atomic mass is 9.99. The van der Waals surface area contributed by atoms with Crippen molar-refractivity contribution in [3.63, 3.8) is 0 Å². The van der Waals surface area contributed by atoms with Gasteiger partial charge in [-0.15, -0.1) is 0 Å². The molecule has 31 heavy (non-hydrogen) atoms. The molecule has 4 rings (SSSR count). The maximum atomic E-state index is 12.8. The number of amides is 2. The predicted molar refractivity (Wildman–Crippen MR) is 100 cm³/mol. The number of aliphatic hydroxyl groups is 2. The van der Waals surface area contributed by atoms with E-state index in [-0.39, 0.29) is 24.6 Å². The molecular formula is C19H25F3N4O5. The molecule has 12 heteroatoms. The Balaban J connectivity index is 1.33. The summed E-state index contributed by atoms with van der Waals surface area (Å²) in [6.07, 6.45) is -8.99. The minimum absolute atomic E-state index is 0.0113. The SMILES string of the molecule is CN1CC2CN(C[C@H]3OC[C@H](Oc4cccc(C(F)(F)F)n4)[C@@H](O)[C@H]3O)CCN2C1=O. The summed E-state index contributed by atoms with van der Waals surface area (Å²) in [5.74, 6) is -0.306. The van der Waals surface area contributed by atoms with Crippen molar-refractivity contribution in [1.82, 2.24) is 19.7 Å². The van der Waals surface area contributed by atoms with E-state index in [9.17, 15) is 28.2 Å². The van der Waals surface area contributed by atoms with Crippen LogP contribution >= 0.6 is 0 Å². The van der Waals surface area contributed by atoms with Crippen molar-refractivity contribution in [3.8, 4) is 5.88 Å². The number of aromatic nitrogens is 1. The van der Waals surface area contributed by atoms with E-state index >= 15 is 0 Å². The number of hydrogen-bond acceptors (Lipinski definition) is 7. The fourth-order valence-corrected chi connectivity index (χ4v) is 4.27. The molecule has 1 unspecified atom stereocenters. The number of nitrogens with zero attached hydrogens (tertiary/aromatic N) is 4. The number of carbonyl (C=O) groups excluding carboxylic acids is 1. The summed E-state index contributed by atoms with van der Waals surface area (Å²) in [5, 5.41) is 21.0. The van der Waals surface area contributed by atoms with Crippen LogP contribution in [0.15, 0.2) is 18.2 Å². The Morgan fingerprint density at radius 1 is 1.23 bits per heavy atom. The lowest BCUT2D eigenvalue weighted by Gasteiger charge is -2.42. The van der Waals surface area contributed by atoms with E-state index in [0.29, 0.717) is 32.7 Å². The molecule has 9 nitrogen and oxygen atoms in total. The maximum absolute atomic E-state index is 12.8. The number of alkyl halides is 3. The topological polar surface area (TPSA) is 98.6 Å². The number of aliphatic hydroxyl groups excluding tert-OH is 2. The molecule has 0 saturated carbocycles. The highest BCUT2D eigenvalue weighted by Gasteiger charge is 2.43. The molecule has 3 fully saturated rings. The van der Waals surface area contributed by atoms with Gasteiger partial charge in [-0.1, -0.05) is 6.07 Å². The normalized spacial score (nSPS) is 32.3. The minimum atomic E-state index is -4.62. The van der Waals surface area contributed by atoms with Gasteiger partial charge in [0, 0.05) is 45.8 Å². The zero-order chi connectivity index (χ0) is 22.3. The third-order valence-corrected chi connectivity index (χ3v) is 5.93. The molecule has 172 valence electrons. The molecule has 0 aromatic carbocycles. The number of ether oxygens (including phenoxy) is 2. The number of urea groups is 1. The predicted octanol–water partition coefficient (Wildman–Crippen LogP) is 0.0200. The van der Waals surface area contributed by atoms with E-state index in [1.807, 2.05) is 4.90 Å². The summed E-state index contributed by atoms with van der Waals surface area (Å²) in [7, 11) is 1.76. The van der Waals surface area contributed by atoms with Crippen LogP contribution in [0, 0.1) is 0 Å².